The molecule has 9 heavy (non-hydrogen) atoms. The SMILES string of the molecule is N#CC(N)c1ccon1. The first-order valence-electron chi connectivity index (χ1n) is 2.40. The lowest BCUT2D eigenvalue weighted by Gasteiger charge is -1.90. The van der Waals surface area contributed by atoms with Gasteiger partial charge in [-0.05, 0) is 0 Å². The zero-order valence-electron chi connectivity index (χ0n) is 4.61. The highest BCUT2D eigenvalue weighted by Crippen LogP contribution is 2.03. The first-order valence-corrected chi connectivity index (χ1v) is 2.40. The summed E-state index contributed by atoms with van der Waals surface area (Å²) in [4.78, 5) is 0. The summed E-state index contributed by atoms with van der Waals surface area (Å²) in [6.45, 7) is 0. The van der Waals surface area contributed by atoms with Crippen LogP contribution in [0.3, 0.4) is 0 Å². The normalized spacial score (nSPS) is 12.4. The van der Waals surface area contributed by atoms with E-state index >= 15 is 0 Å². The maximum atomic E-state index is 8.25. The summed E-state index contributed by atoms with van der Waals surface area (Å²) < 4.78 is 4.46. The molecule has 0 aromatic carbocycles. The molecule has 1 aromatic rings. The summed E-state index contributed by atoms with van der Waals surface area (Å²) in [6, 6.07) is 2.72. The van der Waals surface area contributed by atoms with Gasteiger partial charge < -0.3 is 10.3 Å². The van der Waals surface area contributed by atoms with Crippen LogP contribution in [0.15, 0.2) is 16.9 Å². The van der Waals surface area contributed by atoms with E-state index in [2.05, 4.69) is 9.68 Å². The van der Waals surface area contributed by atoms with E-state index in [-0.39, 0.29) is 0 Å². The average Bonchev–Trinajstić information content (AvgIpc) is 2.37. The van der Waals surface area contributed by atoms with E-state index in [9.17, 15) is 0 Å². The molecule has 0 fully saturated rings. The Balaban J connectivity index is 2.80. The third kappa shape index (κ3) is 1.06. The number of hydrogen-bond donors (Lipinski definition) is 1. The second-order valence-electron chi connectivity index (χ2n) is 1.53. The Kier molecular flexibility index (Phi) is 1.47. The fourth-order valence-electron chi connectivity index (χ4n) is 0.448. The van der Waals surface area contributed by atoms with E-state index in [4.69, 9.17) is 11.0 Å². The van der Waals surface area contributed by atoms with Crippen LogP contribution in [0.25, 0.3) is 0 Å². The molecule has 2 N–H and O–H groups in total. The molecule has 1 heterocycles. The molecule has 4 heteroatoms. The molecule has 0 aliphatic rings. The van der Waals surface area contributed by atoms with Crippen LogP contribution in [0.5, 0.6) is 0 Å². The summed E-state index contributed by atoms with van der Waals surface area (Å²) in [7, 11) is 0. The van der Waals surface area contributed by atoms with E-state index in [1.54, 1.807) is 6.07 Å². The van der Waals surface area contributed by atoms with Gasteiger partial charge in [-0.25, -0.2) is 0 Å². The third-order valence-corrected chi connectivity index (χ3v) is 0.916. The highest BCUT2D eigenvalue weighted by molar-refractivity contribution is 5.10. The Morgan fingerprint density at radius 2 is 2.67 bits per heavy atom. The van der Waals surface area contributed by atoms with Crippen LogP contribution in [-0.4, -0.2) is 5.16 Å². The molecule has 1 atom stereocenters. The van der Waals surface area contributed by atoms with Gasteiger partial charge in [-0.3, -0.25) is 0 Å². The molecule has 0 bridgehead atoms. The van der Waals surface area contributed by atoms with E-state index < -0.39 is 6.04 Å². The van der Waals surface area contributed by atoms with Crippen molar-refractivity contribution >= 4 is 0 Å². The number of nitriles is 1. The van der Waals surface area contributed by atoms with Crippen molar-refractivity contribution in [1.82, 2.24) is 5.16 Å². The van der Waals surface area contributed by atoms with Gasteiger partial charge in [0.1, 0.15) is 18.0 Å². The highest BCUT2D eigenvalue weighted by Gasteiger charge is 2.05. The molecule has 0 aliphatic carbocycles. The molecule has 0 amide bonds. The fraction of sp³-hybridized carbons (Fsp3) is 0.200. The largest absolute Gasteiger partial charge is 0.364 e. The lowest BCUT2D eigenvalue weighted by molar-refractivity contribution is 0.410. The molecule has 46 valence electrons. The number of nitrogens with two attached hydrogens (primary N) is 1. The minimum absolute atomic E-state index is 0.470. The molecule has 1 unspecified atom stereocenters. The van der Waals surface area contributed by atoms with Crippen molar-refractivity contribution in [2.75, 3.05) is 0 Å². The van der Waals surface area contributed by atoms with Crippen molar-refractivity contribution in [2.45, 2.75) is 6.04 Å². The minimum Gasteiger partial charge on any atom is -0.364 e. The minimum atomic E-state index is -0.663. The van der Waals surface area contributed by atoms with Crippen LogP contribution in [0.2, 0.25) is 0 Å². The van der Waals surface area contributed by atoms with Crippen LogP contribution in [0.4, 0.5) is 0 Å². The lowest BCUT2D eigenvalue weighted by Crippen LogP contribution is -2.06. The standard InChI is InChI=1S/C5H5N3O/c6-3-4(7)5-1-2-9-8-5/h1-2,4H,7H2. The van der Waals surface area contributed by atoms with Gasteiger partial charge in [0.25, 0.3) is 0 Å². The van der Waals surface area contributed by atoms with Gasteiger partial charge in [-0.15, -0.1) is 0 Å². The molecular formula is C5H5N3O. The quantitative estimate of drug-likeness (QED) is 0.578. The number of rotatable bonds is 1. The summed E-state index contributed by atoms with van der Waals surface area (Å²) in [5.74, 6) is 0. The van der Waals surface area contributed by atoms with Gasteiger partial charge in [0.05, 0.1) is 6.07 Å². The van der Waals surface area contributed by atoms with Gasteiger partial charge in [-0.1, -0.05) is 5.16 Å². The number of aromatic nitrogens is 1. The van der Waals surface area contributed by atoms with Crippen molar-refractivity contribution < 1.29 is 4.52 Å². The molecule has 1 rings (SSSR count). The third-order valence-electron chi connectivity index (χ3n) is 0.916. The molecule has 0 aliphatic heterocycles. The zero-order chi connectivity index (χ0) is 6.69. The lowest BCUT2D eigenvalue weighted by atomic mass is 10.2. The van der Waals surface area contributed by atoms with Crippen LogP contribution in [0.1, 0.15) is 11.7 Å². The van der Waals surface area contributed by atoms with E-state index in [1.807, 2.05) is 6.07 Å². The summed E-state index contributed by atoms with van der Waals surface area (Å²) in [5, 5.41) is 11.7. The van der Waals surface area contributed by atoms with E-state index in [0.717, 1.165) is 0 Å². The maximum Gasteiger partial charge on any atom is 0.139 e. The molecular weight excluding hydrogens is 118 g/mol. The molecule has 0 radical (unpaired) electrons. The van der Waals surface area contributed by atoms with E-state index in [0.29, 0.717) is 5.69 Å². The van der Waals surface area contributed by atoms with Crippen molar-refractivity contribution in [3.05, 3.63) is 18.0 Å². The van der Waals surface area contributed by atoms with Crippen LogP contribution < -0.4 is 5.73 Å². The highest BCUT2D eigenvalue weighted by atomic mass is 16.5. The van der Waals surface area contributed by atoms with Crippen LogP contribution >= 0.6 is 0 Å². The van der Waals surface area contributed by atoms with Gasteiger partial charge in [0.2, 0.25) is 0 Å². The van der Waals surface area contributed by atoms with E-state index in [1.165, 1.54) is 6.26 Å². The molecule has 0 spiro atoms. The fourth-order valence-corrected chi connectivity index (χ4v) is 0.448. The summed E-state index contributed by atoms with van der Waals surface area (Å²) in [5.41, 5.74) is 5.72. The molecule has 0 saturated heterocycles. The predicted octanol–water partition coefficient (Wildman–Crippen LogP) is 0.198. The first-order chi connectivity index (χ1) is 4.34. The van der Waals surface area contributed by atoms with Crippen LogP contribution in [0, 0.1) is 11.3 Å². The smallest absolute Gasteiger partial charge is 0.139 e. The summed E-state index contributed by atoms with van der Waals surface area (Å²) >= 11 is 0. The Hall–Kier alpha value is -1.34. The van der Waals surface area contributed by atoms with Crippen LogP contribution in [-0.2, 0) is 0 Å². The van der Waals surface area contributed by atoms with Gasteiger partial charge >= 0.3 is 0 Å². The predicted molar refractivity (Wildman–Crippen MR) is 29.0 cm³/mol. The Morgan fingerprint density at radius 1 is 1.89 bits per heavy atom. The second-order valence-corrected chi connectivity index (χ2v) is 1.53. The summed E-state index contributed by atoms with van der Waals surface area (Å²) in [6.07, 6.45) is 1.38. The molecule has 1 aromatic heterocycles. The second kappa shape index (κ2) is 2.29. The monoisotopic (exact) mass is 123 g/mol. The van der Waals surface area contributed by atoms with Crippen molar-refractivity contribution in [3.63, 3.8) is 0 Å². The number of nitrogens with zero attached hydrogens (tertiary/aromatic N) is 2. The maximum absolute atomic E-state index is 8.25. The first kappa shape index (κ1) is 5.79. The molecule has 0 saturated carbocycles. The van der Waals surface area contributed by atoms with Crippen molar-refractivity contribution in [2.24, 2.45) is 5.73 Å². The Labute approximate surface area is 51.9 Å². The average molecular weight is 123 g/mol. The van der Waals surface area contributed by atoms with Crippen molar-refractivity contribution in [3.8, 4) is 6.07 Å². The zero-order valence-corrected chi connectivity index (χ0v) is 4.61. The number of hydrogen-bond acceptors (Lipinski definition) is 4. The van der Waals surface area contributed by atoms with Gasteiger partial charge in [0.15, 0.2) is 0 Å². The van der Waals surface area contributed by atoms with Gasteiger partial charge in [-0.2, -0.15) is 5.26 Å². The van der Waals surface area contributed by atoms with Crippen molar-refractivity contribution in [1.29, 1.82) is 5.26 Å². The Morgan fingerprint density at radius 3 is 3.11 bits per heavy atom. The topological polar surface area (TPSA) is 75.8 Å². The molecule has 4 nitrogen and oxygen atoms in total. The van der Waals surface area contributed by atoms with Gasteiger partial charge in [0, 0.05) is 6.07 Å². The Bertz CT molecular complexity index is 211.